The Balaban J connectivity index is 4.56. The Bertz CT molecular complexity index is 349. The molecule has 0 bridgehead atoms. The molecule has 0 heterocycles. The molecule has 0 saturated heterocycles. The maximum atomic E-state index is 12.0. The van der Waals surface area contributed by atoms with Crippen LogP contribution < -0.4 is 0 Å². The van der Waals surface area contributed by atoms with Crippen LogP contribution in [0.3, 0.4) is 0 Å². The lowest BCUT2D eigenvalue weighted by Crippen LogP contribution is -2.42. The Morgan fingerprint density at radius 2 is 1.30 bits per heavy atom. The highest BCUT2D eigenvalue weighted by Gasteiger charge is 2.27. The number of rotatable bonds is 11. The number of ether oxygens (including phenoxy) is 4. The maximum Gasteiger partial charge on any atom is 0.419 e. The van der Waals surface area contributed by atoms with Gasteiger partial charge in [-0.05, 0) is 6.92 Å². The summed E-state index contributed by atoms with van der Waals surface area (Å²) in [6.45, 7) is 4.07. The van der Waals surface area contributed by atoms with E-state index in [4.69, 9.17) is 18.9 Å². The van der Waals surface area contributed by atoms with Crippen molar-refractivity contribution in [2.24, 2.45) is 5.92 Å². The summed E-state index contributed by atoms with van der Waals surface area (Å²) in [5.74, 6) is -0.623. The van der Waals surface area contributed by atoms with Crippen LogP contribution in [0.25, 0.3) is 0 Å². The summed E-state index contributed by atoms with van der Waals surface area (Å²) in [5, 5.41) is 0. The first-order valence-electron chi connectivity index (χ1n) is 7.53. The van der Waals surface area contributed by atoms with E-state index in [9.17, 15) is 14.4 Å². The van der Waals surface area contributed by atoms with Crippen LogP contribution >= 0.6 is 0 Å². The van der Waals surface area contributed by atoms with E-state index in [2.05, 4.69) is 0 Å². The van der Waals surface area contributed by atoms with Gasteiger partial charge in [-0.15, -0.1) is 0 Å². The lowest BCUT2D eigenvalue weighted by molar-refractivity contribution is -0.120. The van der Waals surface area contributed by atoms with Gasteiger partial charge in [0, 0.05) is 52.7 Å². The second kappa shape index (κ2) is 12.8. The van der Waals surface area contributed by atoms with Gasteiger partial charge < -0.3 is 18.9 Å². The summed E-state index contributed by atoms with van der Waals surface area (Å²) >= 11 is 0. The minimum Gasteiger partial charge on any atom is -0.449 e. The molecule has 0 aliphatic carbocycles. The fourth-order valence-corrected chi connectivity index (χ4v) is 1.51. The topological polar surface area (TPSA) is 91.4 Å². The Labute approximate surface area is 137 Å². The van der Waals surface area contributed by atoms with Gasteiger partial charge in [0.2, 0.25) is 0 Å². The molecule has 0 radical (unpaired) electrons. The fourth-order valence-electron chi connectivity index (χ4n) is 1.51. The third-order valence-corrected chi connectivity index (χ3v) is 3.03. The van der Waals surface area contributed by atoms with E-state index in [0.29, 0.717) is 26.1 Å². The van der Waals surface area contributed by atoms with Crippen LogP contribution in [0.2, 0.25) is 0 Å². The second-order valence-corrected chi connectivity index (χ2v) is 5.04. The predicted molar refractivity (Wildman–Crippen MR) is 82.2 cm³/mol. The predicted octanol–water partition coefficient (Wildman–Crippen LogP) is 1.86. The van der Waals surface area contributed by atoms with Crippen LogP contribution in [0.15, 0.2) is 0 Å². The molecule has 0 aromatic rings. The first-order chi connectivity index (χ1) is 10.9. The van der Waals surface area contributed by atoms with Crippen molar-refractivity contribution < 1.29 is 33.3 Å². The van der Waals surface area contributed by atoms with Crippen molar-refractivity contribution in [3.8, 4) is 0 Å². The molecular formula is C15H27NO7. The zero-order chi connectivity index (χ0) is 17.7. The Hall–Kier alpha value is -1.67. The van der Waals surface area contributed by atoms with Gasteiger partial charge in [0.15, 0.2) is 0 Å². The first kappa shape index (κ1) is 21.3. The Kier molecular flexibility index (Phi) is 11.9. The highest BCUT2D eigenvalue weighted by atomic mass is 16.6. The zero-order valence-electron chi connectivity index (χ0n) is 14.3. The minimum absolute atomic E-state index is 0.0818. The van der Waals surface area contributed by atoms with E-state index < -0.39 is 18.1 Å². The van der Waals surface area contributed by atoms with Gasteiger partial charge in [0.1, 0.15) is 5.78 Å². The molecule has 2 amide bonds. The molecule has 0 aliphatic rings. The molecule has 0 aromatic carbocycles. The monoisotopic (exact) mass is 333 g/mol. The van der Waals surface area contributed by atoms with Crippen LogP contribution in [-0.2, 0) is 23.7 Å². The maximum absolute atomic E-state index is 12.0. The van der Waals surface area contributed by atoms with Crippen LogP contribution in [0.5, 0.6) is 0 Å². The normalized spacial score (nSPS) is 11.7. The molecule has 8 nitrogen and oxygen atoms in total. The lowest BCUT2D eigenvalue weighted by atomic mass is 10.1. The zero-order valence-corrected chi connectivity index (χ0v) is 14.3. The molecule has 0 rings (SSSR count). The van der Waals surface area contributed by atoms with Gasteiger partial charge in [0.25, 0.3) is 0 Å². The number of imide groups is 1. The summed E-state index contributed by atoms with van der Waals surface area (Å²) in [6.07, 6.45) is -0.625. The molecule has 23 heavy (non-hydrogen) atoms. The molecule has 1 atom stereocenters. The standard InChI is InChI=1S/C15H27NO7/c1-12(13(2)17)11-16(14(18)22-9-5-7-20-3)15(19)23-10-6-8-21-4/h12H,5-11H2,1-4H3. The number of amides is 2. The van der Waals surface area contributed by atoms with Crippen molar-refractivity contribution in [1.82, 2.24) is 4.90 Å². The van der Waals surface area contributed by atoms with E-state index in [1.54, 1.807) is 21.1 Å². The summed E-state index contributed by atoms with van der Waals surface area (Å²) < 4.78 is 19.7. The third-order valence-electron chi connectivity index (χ3n) is 3.03. The average molecular weight is 333 g/mol. The number of hydrogen-bond donors (Lipinski definition) is 0. The lowest BCUT2D eigenvalue weighted by Gasteiger charge is -2.22. The van der Waals surface area contributed by atoms with E-state index in [1.807, 2.05) is 0 Å². The second-order valence-electron chi connectivity index (χ2n) is 5.04. The number of Topliss-reactive ketones (excluding diaryl/α,β-unsaturated/α-hetero) is 1. The van der Waals surface area contributed by atoms with E-state index in [-0.39, 0.29) is 25.5 Å². The van der Waals surface area contributed by atoms with E-state index in [1.165, 1.54) is 6.92 Å². The smallest absolute Gasteiger partial charge is 0.419 e. The molecule has 0 spiro atoms. The van der Waals surface area contributed by atoms with E-state index in [0.717, 1.165) is 4.90 Å². The number of hydrogen-bond acceptors (Lipinski definition) is 7. The van der Waals surface area contributed by atoms with Crippen molar-refractivity contribution in [3.63, 3.8) is 0 Å². The van der Waals surface area contributed by atoms with Gasteiger partial charge in [-0.3, -0.25) is 4.79 Å². The number of carbonyl (C=O) groups excluding carboxylic acids is 3. The van der Waals surface area contributed by atoms with E-state index >= 15 is 0 Å². The average Bonchev–Trinajstić information content (AvgIpc) is 2.52. The van der Waals surface area contributed by atoms with Gasteiger partial charge in [-0.25, -0.2) is 14.5 Å². The molecule has 0 N–H and O–H groups in total. The molecule has 1 unspecified atom stereocenters. The SMILES string of the molecule is COCCCOC(=O)N(CC(C)C(C)=O)C(=O)OCCCOC. The summed E-state index contributed by atoms with van der Waals surface area (Å²) in [6, 6.07) is 0. The van der Waals surface area contributed by atoms with Crippen molar-refractivity contribution in [2.45, 2.75) is 26.7 Å². The first-order valence-corrected chi connectivity index (χ1v) is 7.53. The largest absolute Gasteiger partial charge is 0.449 e. The van der Waals surface area contributed by atoms with Gasteiger partial charge in [-0.2, -0.15) is 0 Å². The van der Waals surface area contributed by atoms with Crippen molar-refractivity contribution in [3.05, 3.63) is 0 Å². The van der Waals surface area contributed by atoms with Crippen LogP contribution in [0, 0.1) is 5.92 Å². The molecule has 0 aromatic heterocycles. The summed E-state index contributed by atoms with van der Waals surface area (Å²) in [4.78, 5) is 36.2. The molecule has 8 heteroatoms. The number of ketones is 1. The van der Waals surface area contributed by atoms with Crippen molar-refractivity contribution >= 4 is 18.0 Å². The fraction of sp³-hybridized carbons (Fsp3) is 0.800. The van der Waals surface area contributed by atoms with Crippen LogP contribution in [0.4, 0.5) is 9.59 Å². The third kappa shape index (κ3) is 9.85. The van der Waals surface area contributed by atoms with Crippen molar-refractivity contribution in [2.75, 3.05) is 47.2 Å². The Morgan fingerprint density at radius 3 is 1.65 bits per heavy atom. The van der Waals surface area contributed by atoms with Crippen LogP contribution in [-0.4, -0.2) is 70.1 Å². The number of methoxy groups -OCH3 is 2. The Morgan fingerprint density at radius 1 is 0.870 bits per heavy atom. The summed E-state index contributed by atoms with van der Waals surface area (Å²) in [5.41, 5.74) is 0. The van der Waals surface area contributed by atoms with Crippen LogP contribution in [0.1, 0.15) is 26.7 Å². The highest BCUT2D eigenvalue weighted by Crippen LogP contribution is 2.07. The van der Waals surface area contributed by atoms with Gasteiger partial charge in [-0.1, -0.05) is 6.92 Å². The quantitative estimate of drug-likeness (QED) is 0.533. The van der Waals surface area contributed by atoms with Gasteiger partial charge >= 0.3 is 12.2 Å². The van der Waals surface area contributed by atoms with Gasteiger partial charge in [0.05, 0.1) is 13.2 Å². The minimum atomic E-state index is -0.828. The number of carbonyl (C=O) groups is 3. The summed E-state index contributed by atoms with van der Waals surface area (Å²) in [7, 11) is 3.08. The van der Waals surface area contributed by atoms with Crippen molar-refractivity contribution in [1.29, 1.82) is 0 Å². The molecule has 0 aliphatic heterocycles. The molecular weight excluding hydrogens is 306 g/mol. The molecule has 0 fully saturated rings. The molecule has 134 valence electrons. The highest BCUT2D eigenvalue weighted by molar-refractivity contribution is 5.89. The molecule has 0 saturated carbocycles. The number of nitrogens with zero attached hydrogens (tertiary/aromatic N) is 1.